The number of carbonyl (C=O) groups excluding carboxylic acids is 1. The fourth-order valence-electron chi connectivity index (χ4n) is 2.81. The molecule has 0 spiro atoms. The minimum absolute atomic E-state index is 0.0971. The SMILES string of the molecule is CC(C1CC1)N(C)C(=O)c1cccc(NS(=O)(=O)c2ccccc2)c1. The predicted molar refractivity (Wildman–Crippen MR) is 98.0 cm³/mol. The Morgan fingerprint density at radius 1 is 1.12 bits per heavy atom. The van der Waals surface area contributed by atoms with Gasteiger partial charge in [0.1, 0.15) is 0 Å². The summed E-state index contributed by atoms with van der Waals surface area (Å²) in [6, 6.07) is 15.0. The number of rotatable bonds is 6. The van der Waals surface area contributed by atoms with Gasteiger partial charge in [0.05, 0.1) is 4.90 Å². The number of sulfonamides is 1. The second-order valence-electron chi connectivity index (χ2n) is 6.49. The molecule has 1 amide bonds. The Hall–Kier alpha value is -2.34. The van der Waals surface area contributed by atoms with Crippen molar-refractivity contribution in [3.05, 3.63) is 60.2 Å². The quantitative estimate of drug-likeness (QED) is 0.861. The first-order valence-corrected chi connectivity index (χ1v) is 9.82. The third-order valence-corrected chi connectivity index (χ3v) is 6.05. The highest BCUT2D eigenvalue weighted by molar-refractivity contribution is 7.92. The standard InChI is InChI=1S/C19H22N2O3S/c1-14(15-11-12-15)21(2)19(22)16-7-6-8-17(13-16)20-25(23,24)18-9-4-3-5-10-18/h3-10,13-15,20H,11-12H2,1-2H3. The summed E-state index contributed by atoms with van der Waals surface area (Å²) in [5.41, 5.74) is 0.852. The molecule has 0 aromatic heterocycles. The monoisotopic (exact) mass is 358 g/mol. The maximum Gasteiger partial charge on any atom is 0.261 e. The lowest BCUT2D eigenvalue weighted by Crippen LogP contribution is -2.36. The molecule has 25 heavy (non-hydrogen) atoms. The van der Waals surface area contributed by atoms with Gasteiger partial charge in [-0.05, 0) is 56.0 Å². The summed E-state index contributed by atoms with van der Waals surface area (Å²) in [6.07, 6.45) is 2.32. The van der Waals surface area contributed by atoms with E-state index in [1.165, 1.54) is 12.1 Å². The maximum atomic E-state index is 12.7. The fraction of sp³-hybridized carbons (Fsp3) is 0.316. The van der Waals surface area contributed by atoms with E-state index in [1.807, 2.05) is 0 Å². The van der Waals surface area contributed by atoms with Gasteiger partial charge in [0.15, 0.2) is 0 Å². The van der Waals surface area contributed by atoms with Gasteiger partial charge in [0.2, 0.25) is 0 Å². The highest BCUT2D eigenvalue weighted by atomic mass is 32.2. The van der Waals surface area contributed by atoms with Crippen molar-refractivity contribution in [2.24, 2.45) is 5.92 Å². The van der Waals surface area contributed by atoms with Gasteiger partial charge in [-0.25, -0.2) is 8.42 Å². The van der Waals surface area contributed by atoms with E-state index in [0.717, 1.165) is 12.8 Å². The number of amides is 1. The van der Waals surface area contributed by atoms with Crippen LogP contribution in [-0.4, -0.2) is 32.3 Å². The van der Waals surface area contributed by atoms with E-state index in [1.54, 1.807) is 54.4 Å². The molecular formula is C19H22N2O3S. The number of nitrogens with zero attached hydrogens (tertiary/aromatic N) is 1. The summed E-state index contributed by atoms with van der Waals surface area (Å²) < 4.78 is 27.4. The third-order valence-electron chi connectivity index (χ3n) is 4.65. The zero-order chi connectivity index (χ0) is 18.0. The van der Waals surface area contributed by atoms with Crippen LogP contribution in [0.3, 0.4) is 0 Å². The van der Waals surface area contributed by atoms with Crippen LogP contribution in [0.15, 0.2) is 59.5 Å². The highest BCUT2D eigenvalue weighted by Crippen LogP contribution is 2.35. The van der Waals surface area contributed by atoms with Crippen molar-refractivity contribution in [1.29, 1.82) is 0 Å². The van der Waals surface area contributed by atoms with E-state index in [-0.39, 0.29) is 16.8 Å². The average molecular weight is 358 g/mol. The smallest absolute Gasteiger partial charge is 0.261 e. The molecule has 1 saturated carbocycles. The molecule has 2 aromatic carbocycles. The fourth-order valence-corrected chi connectivity index (χ4v) is 3.88. The van der Waals surface area contributed by atoms with Gasteiger partial charge in [0, 0.05) is 24.3 Å². The summed E-state index contributed by atoms with van der Waals surface area (Å²) in [7, 11) is -1.87. The van der Waals surface area contributed by atoms with Crippen molar-refractivity contribution in [2.45, 2.75) is 30.7 Å². The number of nitrogens with one attached hydrogen (secondary N) is 1. The number of hydrogen-bond donors (Lipinski definition) is 1. The Labute approximate surface area is 148 Å². The normalized spacial score (nSPS) is 15.4. The van der Waals surface area contributed by atoms with Crippen molar-refractivity contribution in [2.75, 3.05) is 11.8 Å². The van der Waals surface area contributed by atoms with Crippen LogP contribution in [0.5, 0.6) is 0 Å². The van der Waals surface area contributed by atoms with Crippen molar-refractivity contribution in [1.82, 2.24) is 4.90 Å². The van der Waals surface area contributed by atoms with Crippen LogP contribution < -0.4 is 4.72 Å². The van der Waals surface area contributed by atoms with Crippen LogP contribution in [0.4, 0.5) is 5.69 Å². The number of carbonyl (C=O) groups is 1. The molecule has 1 fully saturated rings. The lowest BCUT2D eigenvalue weighted by molar-refractivity contribution is 0.0727. The molecule has 0 radical (unpaired) electrons. The maximum absolute atomic E-state index is 12.7. The molecule has 0 heterocycles. The summed E-state index contributed by atoms with van der Waals surface area (Å²) in [5.74, 6) is 0.480. The first-order chi connectivity index (χ1) is 11.9. The van der Waals surface area contributed by atoms with Gasteiger partial charge in [0.25, 0.3) is 15.9 Å². The summed E-state index contributed by atoms with van der Waals surface area (Å²) in [6.45, 7) is 2.05. The molecule has 1 unspecified atom stereocenters. The largest absolute Gasteiger partial charge is 0.339 e. The van der Waals surface area contributed by atoms with E-state index < -0.39 is 10.0 Å². The summed E-state index contributed by atoms with van der Waals surface area (Å²) in [4.78, 5) is 14.6. The molecule has 6 heteroatoms. The Balaban J connectivity index is 1.78. The molecule has 1 N–H and O–H groups in total. The highest BCUT2D eigenvalue weighted by Gasteiger charge is 2.32. The molecule has 0 bridgehead atoms. The molecular weight excluding hydrogens is 336 g/mol. The van der Waals surface area contributed by atoms with Crippen molar-refractivity contribution < 1.29 is 13.2 Å². The van der Waals surface area contributed by atoms with Gasteiger partial charge < -0.3 is 4.90 Å². The average Bonchev–Trinajstić information content (AvgIpc) is 3.45. The van der Waals surface area contributed by atoms with Crippen LogP contribution >= 0.6 is 0 Å². The second-order valence-corrected chi connectivity index (χ2v) is 8.18. The van der Waals surface area contributed by atoms with E-state index in [9.17, 15) is 13.2 Å². The topological polar surface area (TPSA) is 66.5 Å². The number of benzene rings is 2. The number of hydrogen-bond acceptors (Lipinski definition) is 3. The lowest BCUT2D eigenvalue weighted by atomic mass is 10.1. The summed E-state index contributed by atoms with van der Waals surface area (Å²) in [5, 5.41) is 0. The van der Waals surface area contributed by atoms with Gasteiger partial charge in [-0.15, -0.1) is 0 Å². The van der Waals surface area contributed by atoms with Crippen LogP contribution in [0.25, 0.3) is 0 Å². The molecule has 1 aliphatic carbocycles. The van der Waals surface area contributed by atoms with E-state index in [2.05, 4.69) is 11.6 Å². The number of anilines is 1. The molecule has 132 valence electrons. The lowest BCUT2D eigenvalue weighted by Gasteiger charge is -2.25. The first kappa shape index (κ1) is 17.5. The van der Waals surface area contributed by atoms with E-state index in [0.29, 0.717) is 17.2 Å². The predicted octanol–water partition coefficient (Wildman–Crippen LogP) is 3.36. The Morgan fingerprint density at radius 2 is 1.80 bits per heavy atom. The van der Waals surface area contributed by atoms with Crippen molar-refractivity contribution >= 4 is 21.6 Å². The molecule has 1 atom stereocenters. The zero-order valence-electron chi connectivity index (χ0n) is 14.3. The van der Waals surface area contributed by atoms with Gasteiger partial charge in [-0.1, -0.05) is 24.3 Å². The Kier molecular flexibility index (Phi) is 4.81. The Bertz CT molecular complexity index is 861. The molecule has 0 saturated heterocycles. The third kappa shape index (κ3) is 4.02. The molecule has 3 rings (SSSR count). The van der Waals surface area contributed by atoms with Crippen LogP contribution in [-0.2, 0) is 10.0 Å². The molecule has 2 aromatic rings. The molecule has 0 aliphatic heterocycles. The zero-order valence-corrected chi connectivity index (χ0v) is 15.2. The van der Waals surface area contributed by atoms with Gasteiger partial charge >= 0.3 is 0 Å². The van der Waals surface area contributed by atoms with Crippen LogP contribution in [0, 0.1) is 5.92 Å². The minimum atomic E-state index is -3.67. The van der Waals surface area contributed by atoms with Crippen LogP contribution in [0.1, 0.15) is 30.1 Å². The Morgan fingerprint density at radius 3 is 2.44 bits per heavy atom. The van der Waals surface area contributed by atoms with E-state index >= 15 is 0 Å². The second kappa shape index (κ2) is 6.88. The molecule has 5 nitrogen and oxygen atoms in total. The first-order valence-electron chi connectivity index (χ1n) is 8.33. The minimum Gasteiger partial charge on any atom is -0.339 e. The van der Waals surface area contributed by atoms with Gasteiger partial charge in [-0.2, -0.15) is 0 Å². The molecule has 1 aliphatic rings. The summed E-state index contributed by atoms with van der Waals surface area (Å²) >= 11 is 0. The van der Waals surface area contributed by atoms with E-state index in [4.69, 9.17) is 0 Å². The van der Waals surface area contributed by atoms with Crippen LogP contribution in [0.2, 0.25) is 0 Å². The van der Waals surface area contributed by atoms with Gasteiger partial charge in [-0.3, -0.25) is 9.52 Å². The van der Waals surface area contributed by atoms with Crippen molar-refractivity contribution in [3.63, 3.8) is 0 Å². The van der Waals surface area contributed by atoms with Crippen molar-refractivity contribution in [3.8, 4) is 0 Å².